The molecule has 36 heavy (non-hydrogen) atoms. The van der Waals surface area contributed by atoms with Crippen molar-refractivity contribution in [1.29, 1.82) is 0 Å². The van der Waals surface area contributed by atoms with E-state index in [1.807, 2.05) is 6.92 Å². The van der Waals surface area contributed by atoms with Gasteiger partial charge in [0, 0.05) is 22.9 Å². The number of anilines is 1. The normalized spacial score (nSPS) is 14.9. The third-order valence-electron chi connectivity index (χ3n) is 5.95. The third kappa shape index (κ3) is 5.15. The smallest absolute Gasteiger partial charge is 0.416 e. The number of hydrogen-bond donors (Lipinski definition) is 1. The highest BCUT2D eigenvalue weighted by Gasteiger charge is 2.41. The molecule has 2 aromatic heterocycles. The summed E-state index contributed by atoms with van der Waals surface area (Å²) in [6.45, 7) is 4.81. The van der Waals surface area contributed by atoms with Gasteiger partial charge in [0.2, 0.25) is 5.88 Å². The van der Waals surface area contributed by atoms with Gasteiger partial charge in [0.05, 0.1) is 10.6 Å². The summed E-state index contributed by atoms with van der Waals surface area (Å²) in [6.07, 6.45) is -1.95. The van der Waals surface area contributed by atoms with Gasteiger partial charge in [-0.1, -0.05) is 13.0 Å². The highest BCUT2D eigenvalue weighted by atomic mass is 32.2. The maximum absolute atomic E-state index is 13.5. The Morgan fingerprint density at radius 1 is 1.06 bits per heavy atom. The van der Waals surface area contributed by atoms with Crippen LogP contribution in [0.15, 0.2) is 35.2 Å². The summed E-state index contributed by atoms with van der Waals surface area (Å²) >= 11 is 0. The number of carbonyl (C=O) groups is 1. The van der Waals surface area contributed by atoms with Crippen LogP contribution in [0.1, 0.15) is 52.6 Å². The molecule has 1 aliphatic carbocycles. The van der Waals surface area contributed by atoms with E-state index in [0.717, 1.165) is 31.7 Å². The molecule has 1 fully saturated rings. The van der Waals surface area contributed by atoms with Gasteiger partial charge >= 0.3 is 6.18 Å². The van der Waals surface area contributed by atoms with Crippen LogP contribution >= 0.6 is 0 Å². The van der Waals surface area contributed by atoms with Gasteiger partial charge in [-0.3, -0.25) is 4.79 Å². The van der Waals surface area contributed by atoms with Crippen molar-refractivity contribution in [1.82, 2.24) is 20.4 Å². The van der Waals surface area contributed by atoms with Crippen LogP contribution in [-0.2, 0) is 21.4 Å². The first-order chi connectivity index (χ1) is 16.7. The highest BCUT2D eigenvalue weighted by Crippen LogP contribution is 2.47. The fraction of sp³-hybridized carbons (Fsp3) is 0.348. The number of nitrogens with zero attached hydrogens (tertiary/aromatic N) is 4. The van der Waals surface area contributed by atoms with Crippen molar-refractivity contribution in [2.75, 3.05) is 11.6 Å². The average Bonchev–Trinajstić information content (AvgIpc) is 3.52. The summed E-state index contributed by atoms with van der Waals surface area (Å²) in [5, 5.41) is 17.4. The number of amides is 1. The van der Waals surface area contributed by atoms with Crippen molar-refractivity contribution in [2.45, 2.75) is 50.1 Å². The minimum Gasteiger partial charge on any atom is -0.416 e. The summed E-state index contributed by atoms with van der Waals surface area (Å²) in [5.74, 6) is -1.54. The van der Waals surface area contributed by atoms with Crippen LogP contribution in [0.5, 0.6) is 11.8 Å². The van der Waals surface area contributed by atoms with Crippen molar-refractivity contribution in [3.8, 4) is 11.8 Å². The molecule has 190 valence electrons. The number of aromatic nitrogens is 4. The van der Waals surface area contributed by atoms with Gasteiger partial charge in [0.1, 0.15) is 5.56 Å². The number of hydrogen-bond acceptors (Lipinski definition) is 8. The van der Waals surface area contributed by atoms with Gasteiger partial charge in [-0.05, 0) is 56.5 Å². The molecule has 3 aromatic rings. The minimum absolute atomic E-state index is 0.0374. The Morgan fingerprint density at radius 3 is 2.31 bits per heavy atom. The molecule has 1 aliphatic rings. The number of carbonyl (C=O) groups excluding carboxylic acids is 1. The predicted octanol–water partition coefficient (Wildman–Crippen LogP) is 4.40. The van der Waals surface area contributed by atoms with E-state index in [-0.39, 0.29) is 21.9 Å². The molecule has 0 saturated heterocycles. The van der Waals surface area contributed by atoms with E-state index in [0.29, 0.717) is 5.56 Å². The van der Waals surface area contributed by atoms with Gasteiger partial charge in [-0.25, -0.2) is 8.42 Å². The Hall–Kier alpha value is -3.61. The quantitative estimate of drug-likeness (QED) is 0.506. The zero-order valence-corrected chi connectivity index (χ0v) is 20.6. The number of alkyl halides is 3. The second-order valence-corrected chi connectivity index (χ2v) is 11.0. The third-order valence-corrected chi connectivity index (χ3v) is 7.06. The number of sulfone groups is 1. The fourth-order valence-corrected chi connectivity index (χ4v) is 4.18. The topological polar surface area (TPSA) is 124 Å². The molecule has 0 aliphatic heterocycles. The second kappa shape index (κ2) is 8.80. The molecular formula is C23H22F3N5O4S. The minimum atomic E-state index is -4.88. The van der Waals surface area contributed by atoms with Gasteiger partial charge in [0.15, 0.2) is 15.5 Å². The van der Waals surface area contributed by atoms with Crippen molar-refractivity contribution < 1.29 is 31.1 Å². The molecule has 0 atom stereocenters. The largest absolute Gasteiger partial charge is 0.435 e. The molecule has 0 bridgehead atoms. The van der Waals surface area contributed by atoms with Crippen LogP contribution in [0.4, 0.5) is 18.9 Å². The van der Waals surface area contributed by atoms with E-state index in [2.05, 4.69) is 25.7 Å². The number of ether oxygens (including phenoxy) is 1. The Labute approximate surface area is 205 Å². The van der Waals surface area contributed by atoms with Crippen molar-refractivity contribution in [3.63, 3.8) is 0 Å². The monoisotopic (exact) mass is 521 g/mol. The molecule has 1 saturated carbocycles. The first kappa shape index (κ1) is 25.5. The predicted molar refractivity (Wildman–Crippen MR) is 123 cm³/mol. The number of rotatable bonds is 6. The Bertz CT molecular complexity index is 1470. The first-order valence-electron chi connectivity index (χ1n) is 10.8. The number of benzene rings is 1. The number of halogens is 3. The molecule has 1 aromatic carbocycles. The molecule has 0 spiro atoms. The molecule has 1 amide bonds. The second-order valence-electron chi connectivity index (χ2n) is 8.99. The Kier molecular flexibility index (Phi) is 6.23. The van der Waals surface area contributed by atoms with Gasteiger partial charge in [-0.15, -0.1) is 15.3 Å². The average molecular weight is 522 g/mol. The maximum Gasteiger partial charge on any atom is 0.435 e. The summed E-state index contributed by atoms with van der Waals surface area (Å²) in [5.41, 5.74) is -1.09. The molecule has 4 rings (SSSR count). The summed E-state index contributed by atoms with van der Waals surface area (Å²) < 4.78 is 69.9. The molecule has 13 heteroatoms. The highest BCUT2D eigenvalue weighted by molar-refractivity contribution is 7.90. The first-order valence-corrected chi connectivity index (χ1v) is 12.7. The van der Waals surface area contributed by atoms with E-state index in [1.54, 1.807) is 13.0 Å². The standard InChI is InChI=1S/C23H22F3N5O4S/c1-12-10-16(22(3)8-9-22)28-30-20(12)35-21-17(13(2)18(29-31-21)23(24,25)26)19(32)27-14-6-5-7-15(11-14)36(4,33)34/h5-7,10-11H,8-9H2,1-4H3,(H,27,32). The van der Waals surface area contributed by atoms with Crippen molar-refractivity contribution >= 4 is 21.4 Å². The molecule has 1 N–H and O–H groups in total. The van der Waals surface area contributed by atoms with E-state index in [9.17, 15) is 26.4 Å². The van der Waals surface area contributed by atoms with Crippen LogP contribution in [-0.4, -0.2) is 41.0 Å². The Morgan fingerprint density at radius 2 is 1.72 bits per heavy atom. The number of nitrogens with one attached hydrogen (secondary N) is 1. The van der Waals surface area contributed by atoms with Crippen LogP contribution in [0.25, 0.3) is 0 Å². The zero-order valence-electron chi connectivity index (χ0n) is 19.8. The lowest BCUT2D eigenvalue weighted by Gasteiger charge is -2.16. The van der Waals surface area contributed by atoms with Gasteiger partial charge in [0.25, 0.3) is 11.8 Å². The SMILES string of the molecule is Cc1cc(C2(C)CC2)nnc1Oc1nnc(C(F)(F)F)c(C)c1C(=O)Nc1cccc(S(C)(=O)=O)c1. The molecule has 0 unspecified atom stereocenters. The molecular weight excluding hydrogens is 499 g/mol. The van der Waals surface area contributed by atoms with E-state index in [4.69, 9.17) is 4.74 Å². The molecule has 0 radical (unpaired) electrons. The summed E-state index contributed by atoms with van der Waals surface area (Å²) in [7, 11) is -3.59. The molecule has 9 nitrogen and oxygen atoms in total. The summed E-state index contributed by atoms with van der Waals surface area (Å²) in [4.78, 5) is 13.1. The number of aryl methyl sites for hydroxylation is 1. The van der Waals surface area contributed by atoms with Crippen LogP contribution in [0.2, 0.25) is 0 Å². The van der Waals surface area contributed by atoms with Crippen LogP contribution in [0, 0.1) is 13.8 Å². The molecule has 2 heterocycles. The Balaban J connectivity index is 1.73. The fourth-order valence-electron chi connectivity index (χ4n) is 3.51. The van der Waals surface area contributed by atoms with Crippen LogP contribution in [0.3, 0.4) is 0 Å². The summed E-state index contributed by atoms with van der Waals surface area (Å²) in [6, 6.07) is 7.08. The maximum atomic E-state index is 13.5. The van der Waals surface area contributed by atoms with E-state index >= 15 is 0 Å². The van der Waals surface area contributed by atoms with E-state index in [1.165, 1.54) is 24.3 Å². The lowest BCUT2D eigenvalue weighted by molar-refractivity contribution is -0.142. The van der Waals surface area contributed by atoms with Crippen molar-refractivity contribution in [3.05, 3.63) is 58.4 Å². The van der Waals surface area contributed by atoms with Crippen molar-refractivity contribution in [2.24, 2.45) is 0 Å². The zero-order chi connectivity index (χ0) is 26.5. The lowest BCUT2D eigenvalue weighted by atomic mass is 10.0. The van der Waals surface area contributed by atoms with Gasteiger partial charge < -0.3 is 10.1 Å². The van der Waals surface area contributed by atoms with Crippen LogP contribution < -0.4 is 10.1 Å². The van der Waals surface area contributed by atoms with Gasteiger partial charge in [-0.2, -0.15) is 18.3 Å². The van der Waals surface area contributed by atoms with E-state index < -0.39 is 44.6 Å². The lowest BCUT2D eigenvalue weighted by Crippen LogP contribution is -2.21.